The molecule has 0 saturated heterocycles. The first-order valence-electron chi connectivity index (χ1n) is 5.76. The predicted molar refractivity (Wildman–Crippen MR) is 70.0 cm³/mol. The molecule has 0 atom stereocenters. The van der Waals surface area contributed by atoms with Crippen molar-refractivity contribution >= 4 is 21.8 Å². The van der Waals surface area contributed by atoms with Crippen molar-refractivity contribution in [2.24, 2.45) is 0 Å². The van der Waals surface area contributed by atoms with Gasteiger partial charge in [0.15, 0.2) is 0 Å². The molecular weight excluding hydrogens is 282 g/mol. The summed E-state index contributed by atoms with van der Waals surface area (Å²) in [5.41, 5.74) is 1.23. The van der Waals surface area contributed by atoms with Crippen LogP contribution in [0, 0.1) is 6.92 Å². The molecule has 0 bridgehead atoms. The smallest absolute Gasteiger partial charge is 0.252 e. The van der Waals surface area contributed by atoms with Crippen LogP contribution >= 0.6 is 15.9 Å². The van der Waals surface area contributed by atoms with E-state index in [9.17, 15) is 9.90 Å². The Kier molecular flexibility index (Phi) is 3.54. The van der Waals surface area contributed by atoms with Crippen molar-refractivity contribution in [2.45, 2.75) is 31.7 Å². The maximum atomic E-state index is 12.1. The minimum Gasteiger partial charge on any atom is -0.394 e. The summed E-state index contributed by atoms with van der Waals surface area (Å²) in [6.45, 7) is 1.93. The van der Waals surface area contributed by atoms with Crippen LogP contribution in [0.2, 0.25) is 0 Å². The highest BCUT2D eigenvalue weighted by molar-refractivity contribution is 9.10. The lowest BCUT2D eigenvalue weighted by Gasteiger charge is -2.41. The van der Waals surface area contributed by atoms with Crippen LogP contribution in [0.4, 0.5) is 0 Å². The number of nitrogens with one attached hydrogen (secondary N) is 1. The van der Waals surface area contributed by atoms with Crippen LogP contribution in [0.3, 0.4) is 0 Å². The summed E-state index contributed by atoms with van der Waals surface area (Å²) in [7, 11) is 0. The van der Waals surface area contributed by atoms with E-state index in [1.807, 2.05) is 19.1 Å². The van der Waals surface area contributed by atoms with Crippen LogP contribution in [0.25, 0.3) is 0 Å². The van der Waals surface area contributed by atoms with Crippen LogP contribution in [0.5, 0.6) is 0 Å². The second-order valence-electron chi connectivity index (χ2n) is 4.71. The molecule has 1 fully saturated rings. The van der Waals surface area contributed by atoms with Gasteiger partial charge in [0, 0.05) is 10.0 Å². The molecule has 0 spiro atoms. The van der Waals surface area contributed by atoms with E-state index in [2.05, 4.69) is 21.2 Å². The molecule has 2 N–H and O–H groups in total. The van der Waals surface area contributed by atoms with Crippen molar-refractivity contribution in [3.05, 3.63) is 33.8 Å². The number of halogens is 1. The predicted octanol–water partition coefficient (Wildman–Crippen LogP) is 2.40. The maximum absolute atomic E-state index is 12.1. The first-order valence-corrected chi connectivity index (χ1v) is 6.55. The van der Waals surface area contributed by atoms with E-state index in [1.54, 1.807) is 6.07 Å². The quantitative estimate of drug-likeness (QED) is 0.900. The van der Waals surface area contributed by atoms with Crippen LogP contribution < -0.4 is 5.32 Å². The Bertz CT molecular complexity index is 436. The molecule has 0 aromatic heterocycles. The Morgan fingerprint density at radius 3 is 2.71 bits per heavy atom. The van der Waals surface area contributed by atoms with E-state index in [0.29, 0.717) is 5.56 Å². The zero-order valence-corrected chi connectivity index (χ0v) is 11.4. The van der Waals surface area contributed by atoms with Crippen LogP contribution in [-0.2, 0) is 0 Å². The Labute approximate surface area is 109 Å². The number of hydrogen-bond acceptors (Lipinski definition) is 2. The lowest BCUT2D eigenvalue weighted by molar-refractivity contribution is 0.0641. The Balaban J connectivity index is 2.14. The number of aryl methyl sites for hydroxylation is 1. The third-order valence-corrected chi connectivity index (χ3v) is 3.92. The van der Waals surface area contributed by atoms with E-state index in [1.165, 1.54) is 0 Å². The summed E-state index contributed by atoms with van der Waals surface area (Å²) >= 11 is 3.37. The van der Waals surface area contributed by atoms with Gasteiger partial charge in [-0.3, -0.25) is 4.79 Å². The molecule has 1 aromatic rings. The van der Waals surface area contributed by atoms with E-state index in [4.69, 9.17) is 0 Å². The molecule has 1 amide bonds. The van der Waals surface area contributed by atoms with Crippen molar-refractivity contribution in [3.63, 3.8) is 0 Å². The van der Waals surface area contributed by atoms with E-state index in [-0.39, 0.29) is 18.1 Å². The second kappa shape index (κ2) is 4.78. The molecule has 17 heavy (non-hydrogen) atoms. The van der Waals surface area contributed by atoms with Crippen molar-refractivity contribution in [1.29, 1.82) is 0 Å². The molecule has 0 radical (unpaired) electrons. The van der Waals surface area contributed by atoms with Crippen LogP contribution in [0.1, 0.15) is 35.2 Å². The number of rotatable bonds is 3. The van der Waals surface area contributed by atoms with Gasteiger partial charge in [-0.1, -0.05) is 15.9 Å². The summed E-state index contributed by atoms with van der Waals surface area (Å²) in [5.74, 6) is -0.0937. The largest absolute Gasteiger partial charge is 0.394 e. The highest BCUT2D eigenvalue weighted by atomic mass is 79.9. The molecule has 92 valence electrons. The van der Waals surface area contributed by atoms with E-state index in [0.717, 1.165) is 29.3 Å². The maximum Gasteiger partial charge on any atom is 0.252 e. The number of aliphatic hydroxyl groups is 1. The SMILES string of the molecule is Cc1cc(Br)ccc1C(=O)NC1(CO)CCC1. The van der Waals surface area contributed by atoms with Crippen LogP contribution in [-0.4, -0.2) is 23.2 Å². The van der Waals surface area contributed by atoms with Crippen LogP contribution in [0.15, 0.2) is 22.7 Å². The van der Waals surface area contributed by atoms with Gasteiger partial charge in [0.05, 0.1) is 12.1 Å². The Morgan fingerprint density at radius 2 is 2.24 bits per heavy atom. The molecular formula is C13H16BrNO2. The average molecular weight is 298 g/mol. The van der Waals surface area contributed by atoms with Gasteiger partial charge in [-0.2, -0.15) is 0 Å². The zero-order valence-electron chi connectivity index (χ0n) is 9.79. The Hall–Kier alpha value is -0.870. The summed E-state index contributed by atoms with van der Waals surface area (Å²) in [6, 6.07) is 5.58. The number of amides is 1. The lowest BCUT2D eigenvalue weighted by Crippen LogP contribution is -2.56. The number of benzene rings is 1. The fourth-order valence-corrected chi connectivity index (χ4v) is 2.59. The monoisotopic (exact) mass is 297 g/mol. The first-order chi connectivity index (χ1) is 8.06. The molecule has 2 rings (SSSR count). The van der Waals surface area contributed by atoms with Gasteiger partial charge in [-0.15, -0.1) is 0 Å². The van der Waals surface area contributed by atoms with Crippen molar-refractivity contribution in [2.75, 3.05) is 6.61 Å². The molecule has 0 unspecified atom stereocenters. The molecule has 4 heteroatoms. The average Bonchev–Trinajstić information content (AvgIpc) is 2.23. The van der Waals surface area contributed by atoms with Gasteiger partial charge in [0.25, 0.3) is 5.91 Å². The van der Waals surface area contributed by atoms with Gasteiger partial charge in [-0.25, -0.2) is 0 Å². The number of aliphatic hydroxyl groups excluding tert-OH is 1. The minimum atomic E-state index is -0.378. The van der Waals surface area contributed by atoms with Gasteiger partial charge >= 0.3 is 0 Å². The number of carbonyl (C=O) groups is 1. The third kappa shape index (κ3) is 2.53. The minimum absolute atomic E-state index is 0.0221. The van der Waals surface area contributed by atoms with Gasteiger partial charge in [0.1, 0.15) is 0 Å². The molecule has 0 heterocycles. The fourth-order valence-electron chi connectivity index (χ4n) is 2.12. The van der Waals surface area contributed by atoms with Gasteiger partial charge in [-0.05, 0) is 49.9 Å². The fraction of sp³-hybridized carbons (Fsp3) is 0.462. The first kappa shape index (κ1) is 12.6. The summed E-state index contributed by atoms with van der Waals surface area (Å²) in [4.78, 5) is 12.1. The standard InChI is InChI=1S/C13H16BrNO2/c1-9-7-10(14)3-4-11(9)12(17)15-13(8-16)5-2-6-13/h3-4,7,16H,2,5-6,8H2,1H3,(H,15,17). The van der Waals surface area contributed by atoms with Crippen molar-refractivity contribution in [1.82, 2.24) is 5.32 Å². The topological polar surface area (TPSA) is 49.3 Å². The normalized spacial score (nSPS) is 17.4. The molecule has 3 nitrogen and oxygen atoms in total. The zero-order chi connectivity index (χ0) is 12.5. The molecule has 1 aliphatic rings. The molecule has 1 aromatic carbocycles. The summed E-state index contributed by atoms with van der Waals surface area (Å²) < 4.78 is 0.965. The lowest BCUT2D eigenvalue weighted by atomic mass is 9.77. The van der Waals surface area contributed by atoms with Crippen molar-refractivity contribution in [3.8, 4) is 0 Å². The van der Waals surface area contributed by atoms with E-state index < -0.39 is 0 Å². The summed E-state index contributed by atoms with van der Waals surface area (Å²) in [6.07, 6.45) is 2.80. The Morgan fingerprint density at radius 1 is 1.53 bits per heavy atom. The molecule has 0 aliphatic heterocycles. The van der Waals surface area contributed by atoms with Crippen molar-refractivity contribution < 1.29 is 9.90 Å². The molecule has 1 saturated carbocycles. The highest BCUT2D eigenvalue weighted by Crippen LogP contribution is 2.31. The molecule has 1 aliphatic carbocycles. The number of carbonyl (C=O) groups excluding carboxylic acids is 1. The second-order valence-corrected chi connectivity index (χ2v) is 5.62. The van der Waals surface area contributed by atoms with Gasteiger partial charge in [0.2, 0.25) is 0 Å². The number of hydrogen-bond donors (Lipinski definition) is 2. The highest BCUT2D eigenvalue weighted by Gasteiger charge is 2.37. The summed E-state index contributed by atoms with van der Waals surface area (Å²) in [5, 5.41) is 12.3. The van der Waals surface area contributed by atoms with Gasteiger partial charge < -0.3 is 10.4 Å². The van der Waals surface area contributed by atoms with E-state index >= 15 is 0 Å². The third-order valence-electron chi connectivity index (χ3n) is 3.43.